The molecule has 9 heteroatoms. The van der Waals surface area contributed by atoms with Crippen LogP contribution in [0.5, 0.6) is 0 Å². The number of anilines is 2. The molecule has 3 N–H and O–H groups in total. The lowest BCUT2D eigenvalue weighted by molar-refractivity contribution is 0.0600. The topological polar surface area (TPSA) is 103 Å². The van der Waals surface area contributed by atoms with Gasteiger partial charge in [0.25, 0.3) is 0 Å². The Labute approximate surface area is 151 Å². The summed E-state index contributed by atoms with van der Waals surface area (Å²) in [6.45, 7) is 2.82. The van der Waals surface area contributed by atoms with Gasteiger partial charge < -0.3 is 20.3 Å². The average Bonchev–Trinajstić information content (AvgIpc) is 3.17. The van der Waals surface area contributed by atoms with Crippen LogP contribution in [0.15, 0.2) is 18.2 Å². The zero-order chi connectivity index (χ0) is 18.5. The van der Waals surface area contributed by atoms with Crippen molar-refractivity contribution in [3.05, 3.63) is 23.8 Å². The fourth-order valence-electron chi connectivity index (χ4n) is 3.12. The van der Waals surface area contributed by atoms with Gasteiger partial charge in [0, 0.05) is 26.2 Å². The summed E-state index contributed by atoms with van der Waals surface area (Å²) in [6.07, 6.45) is 2.92. The number of amides is 4. The van der Waals surface area contributed by atoms with E-state index in [1.165, 1.54) is 12.1 Å². The second-order valence-electron chi connectivity index (χ2n) is 6.22. The maximum atomic E-state index is 12.4. The van der Waals surface area contributed by atoms with E-state index >= 15 is 0 Å². The van der Waals surface area contributed by atoms with Gasteiger partial charge >= 0.3 is 18.0 Å². The van der Waals surface area contributed by atoms with Gasteiger partial charge in [0.1, 0.15) is 0 Å². The fraction of sp³-hybridized carbons (Fsp3) is 0.471. The number of hydrogen-bond acceptors (Lipinski definition) is 5. The summed E-state index contributed by atoms with van der Waals surface area (Å²) in [7, 11) is 1.31. The summed E-state index contributed by atoms with van der Waals surface area (Å²) in [6, 6.07) is 4.20. The van der Waals surface area contributed by atoms with Crippen LogP contribution in [0.25, 0.3) is 0 Å². The molecule has 0 aliphatic carbocycles. The molecule has 2 aliphatic heterocycles. The molecule has 0 atom stereocenters. The standard InChI is InChI=1S/C17H23N5O4/c1-26-15(23)12-5-6-14(21-8-2-3-9-21)13(11-12)19-16(24)20-22-10-4-7-18-17(22)25/h5-6,11H,2-4,7-10H2,1H3,(H,18,25)(H2,19,20,24). The van der Waals surface area contributed by atoms with Crippen LogP contribution in [0.2, 0.25) is 0 Å². The van der Waals surface area contributed by atoms with E-state index in [4.69, 9.17) is 4.74 Å². The quantitative estimate of drug-likeness (QED) is 0.706. The van der Waals surface area contributed by atoms with E-state index in [0.717, 1.165) is 38.0 Å². The molecule has 0 spiro atoms. The average molecular weight is 361 g/mol. The smallest absolute Gasteiger partial charge is 0.338 e. The molecule has 2 aliphatic rings. The molecular formula is C17H23N5O4. The van der Waals surface area contributed by atoms with Crippen molar-refractivity contribution in [2.24, 2.45) is 0 Å². The summed E-state index contributed by atoms with van der Waals surface area (Å²) in [4.78, 5) is 38.1. The van der Waals surface area contributed by atoms with Crippen LogP contribution in [0, 0.1) is 0 Å². The van der Waals surface area contributed by atoms with Crippen LogP contribution in [0.3, 0.4) is 0 Å². The number of hydrogen-bond donors (Lipinski definition) is 3. The van der Waals surface area contributed by atoms with Crippen molar-refractivity contribution < 1.29 is 19.1 Å². The number of methoxy groups -OCH3 is 1. The Morgan fingerprint density at radius 1 is 1.15 bits per heavy atom. The zero-order valence-electron chi connectivity index (χ0n) is 14.7. The van der Waals surface area contributed by atoms with Crippen molar-refractivity contribution in [2.45, 2.75) is 19.3 Å². The highest BCUT2D eigenvalue weighted by Crippen LogP contribution is 2.30. The monoisotopic (exact) mass is 361 g/mol. The Morgan fingerprint density at radius 2 is 1.92 bits per heavy atom. The molecule has 0 unspecified atom stereocenters. The molecule has 0 bridgehead atoms. The Morgan fingerprint density at radius 3 is 2.62 bits per heavy atom. The van der Waals surface area contributed by atoms with Gasteiger partial charge in [-0.1, -0.05) is 0 Å². The van der Waals surface area contributed by atoms with E-state index < -0.39 is 12.0 Å². The minimum Gasteiger partial charge on any atom is -0.465 e. The molecule has 2 fully saturated rings. The lowest BCUT2D eigenvalue weighted by Gasteiger charge is -2.28. The number of benzene rings is 1. The first-order valence-corrected chi connectivity index (χ1v) is 8.69. The number of carbonyl (C=O) groups is 3. The number of nitrogens with one attached hydrogen (secondary N) is 3. The second kappa shape index (κ2) is 7.94. The Bertz CT molecular complexity index is 702. The molecule has 1 aromatic carbocycles. The van der Waals surface area contributed by atoms with E-state index in [1.54, 1.807) is 18.2 Å². The van der Waals surface area contributed by atoms with Gasteiger partial charge in [0.05, 0.1) is 24.0 Å². The van der Waals surface area contributed by atoms with Gasteiger partial charge in [-0.05, 0) is 37.5 Å². The molecular weight excluding hydrogens is 338 g/mol. The number of urea groups is 2. The highest BCUT2D eigenvalue weighted by molar-refractivity contribution is 5.98. The molecule has 1 aromatic rings. The number of carbonyl (C=O) groups excluding carboxylic acids is 3. The van der Waals surface area contributed by atoms with E-state index in [2.05, 4.69) is 21.0 Å². The third kappa shape index (κ3) is 3.98. The molecule has 0 radical (unpaired) electrons. The highest BCUT2D eigenvalue weighted by Gasteiger charge is 2.22. The summed E-state index contributed by atoms with van der Waals surface area (Å²) in [5.74, 6) is -0.475. The molecule has 2 saturated heterocycles. The van der Waals surface area contributed by atoms with Crippen molar-refractivity contribution in [1.82, 2.24) is 15.8 Å². The van der Waals surface area contributed by atoms with Gasteiger partial charge in [-0.25, -0.2) is 24.8 Å². The van der Waals surface area contributed by atoms with Gasteiger partial charge in [-0.15, -0.1) is 0 Å². The normalized spacial score (nSPS) is 16.9. The summed E-state index contributed by atoms with van der Waals surface area (Å²) >= 11 is 0. The SMILES string of the molecule is COC(=O)c1ccc(N2CCCC2)c(NC(=O)NN2CCCNC2=O)c1. The Balaban J connectivity index is 1.77. The van der Waals surface area contributed by atoms with Gasteiger partial charge in [-0.3, -0.25) is 0 Å². The van der Waals surface area contributed by atoms with Crippen molar-refractivity contribution in [3.63, 3.8) is 0 Å². The summed E-state index contributed by atoms with van der Waals surface area (Å²) in [5, 5.41) is 6.65. The first-order valence-electron chi connectivity index (χ1n) is 8.69. The van der Waals surface area contributed by atoms with Gasteiger partial charge in [0.15, 0.2) is 0 Å². The second-order valence-corrected chi connectivity index (χ2v) is 6.22. The van der Waals surface area contributed by atoms with Crippen LogP contribution in [-0.2, 0) is 4.74 Å². The largest absolute Gasteiger partial charge is 0.465 e. The van der Waals surface area contributed by atoms with Crippen LogP contribution in [0.4, 0.5) is 21.0 Å². The Kier molecular flexibility index (Phi) is 5.45. The van der Waals surface area contributed by atoms with E-state index in [-0.39, 0.29) is 6.03 Å². The van der Waals surface area contributed by atoms with Crippen molar-refractivity contribution >= 4 is 29.4 Å². The third-order valence-electron chi connectivity index (χ3n) is 4.43. The molecule has 4 amide bonds. The molecule has 2 heterocycles. The van der Waals surface area contributed by atoms with E-state index in [0.29, 0.717) is 24.3 Å². The van der Waals surface area contributed by atoms with Crippen LogP contribution in [-0.4, -0.2) is 56.3 Å². The number of hydrazine groups is 1. The van der Waals surface area contributed by atoms with E-state index in [9.17, 15) is 14.4 Å². The van der Waals surface area contributed by atoms with Crippen LogP contribution >= 0.6 is 0 Å². The Hall–Kier alpha value is -2.97. The molecule has 26 heavy (non-hydrogen) atoms. The number of nitrogens with zero attached hydrogens (tertiary/aromatic N) is 2. The zero-order valence-corrected chi connectivity index (χ0v) is 14.7. The predicted octanol–water partition coefficient (Wildman–Crippen LogP) is 1.53. The molecule has 0 aromatic heterocycles. The van der Waals surface area contributed by atoms with Crippen LogP contribution < -0.4 is 21.0 Å². The van der Waals surface area contributed by atoms with E-state index in [1.807, 2.05) is 0 Å². The molecule has 3 rings (SSSR count). The highest BCUT2D eigenvalue weighted by atomic mass is 16.5. The number of esters is 1. The van der Waals surface area contributed by atoms with Gasteiger partial charge in [0.2, 0.25) is 0 Å². The first kappa shape index (κ1) is 17.8. The van der Waals surface area contributed by atoms with Crippen LogP contribution in [0.1, 0.15) is 29.6 Å². The minimum atomic E-state index is -0.537. The molecule has 9 nitrogen and oxygen atoms in total. The van der Waals surface area contributed by atoms with Crippen molar-refractivity contribution in [3.8, 4) is 0 Å². The first-order chi connectivity index (χ1) is 12.6. The predicted molar refractivity (Wildman–Crippen MR) is 96.1 cm³/mol. The summed E-state index contributed by atoms with van der Waals surface area (Å²) in [5.41, 5.74) is 4.23. The number of ether oxygens (including phenoxy) is 1. The molecule has 140 valence electrons. The summed E-state index contributed by atoms with van der Waals surface area (Å²) < 4.78 is 4.76. The van der Waals surface area contributed by atoms with Gasteiger partial charge in [-0.2, -0.15) is 0 Å². The minimum absolute atomic E-state index is 0.338. The fourth-order valence-corrected chi connectivity index (χ4v) is 3.12. The molecule has 0 saturated carbocycles. The van der Waals surface area contributed by atoms with Crippen molar-refractivity contribution in [2.75, 3.05) is 43.5 Å². The number of rotatable bonds is 4. The lowest BCUT2D eigenvalue weighted by Crippen LogP contribution is -2.55. The van der Waals surface area contributed by atoms with Crippen molar-refractivity contribution in [1.29, 1.82) is 0 Å². The third-order valence-corrected chi connectivity index (χ3v) is 4.43. The maximum absolute atomic E-state index is 12.4. The maximum Gasteiger partial charge on any atom is 0.338 e. The lowest BCUT2D eigenvalue weighted by atomic mass is 10.1.